The van der Waals surface area contributed by atoms with Gasteiger partial charge in [0.05, 0.1) is 6.42 Å². The molecule has 1 atom stereocenters. The molecule has 0 bridgehead atoms. The van der Waals surface area contributed by atoms with Crippen LogP contribution in [0.5, 0.6) is 0 Å². The molecule has 1 aromatic heterocycles. The van der Waals surface area contributed by atoms with Crippen LogP contribution in [0.1, 0.15) is 29.8 Å². The number of carbonyl (C=O) groups excluding carboxylic acids is 1. The van der Waals surface area contributed by atoms with E-state index in [9.17, 15) is 14.7 Å². The molecule has 2 rings (SSSR count). The van der Waals surface area contributed by atoms with Gasteiger partial charge in [0.15, 0.2) is 0 Å². The Bertz CT molecular complexity index is 527. The van der Waals surface area contributed by atoms with Gasteiger partial charge in [0, 0.05) is 36.6 Å². The van der Waals surface area contributed by atoms with E-state index in [0.717, 1.165) is 24.9 Å². The van der Waals surface area contributed by atoms with E-state index in [-0.39, 0.29) is 30.5 Å². The second kappa shape index (κ2) is 6.17. The van der Waals surface area contributed by atoms with E-state index in [4.69, 9.17) is 0 Å². The summed E-state index contributed by atoms with van der Waals surface area (Å²) in [6.45, 7) is 5.01. The fourth-order valence-electron chi connectivity index (χ4n) is 2.72. The standard InChI is InChI=1S/C14H21N3O3/c1-9-12(10(2)16-14(20)15-9)6-13(19)17-5-3-4-11(7-17)8-18/h11,18H,3-8H2,1-2H3,(H,15,16,20). The van der Waals surface area contributed by atoms with Crippen LogP contribution in [0.2, 0.25) is 0 Å². The van der Waals surface area contributed by atoms with Crippen molar-refractivity contribution in [3.63, 3.8) is 0 Å². The molecule has 0 aliphatic carbocycles. The second-order valence-corrected chi connectivity index (χ2v) is 5.44. The third-order valence-corrected chi connectivity index (χ3v) is 3.91. The predicted octanol–water partition coefficient (Wildman–Crippen LogP) is 0.160. The number of H-pyrrole nitrogens is 1. The number of hydrogen-bond donors (Lipinski definition) is 2. The number of aliphatic hydroxyl groups excluding tert-OH is 1. The number of rotatable bonds is 3. The van der Waals surface area contributed by atoms with E-state index in [1.807, 2.05) is 0 Å². The van der Waals surface area contributed by atoms with Crippen LogP contribution in [0.15, 0.2) is 4.79 Å². The first-order valence-electron chi connectivity index (χ1n) is 6.96. The molecule has 1 aromatic rings. The van der Waals surface area contributed by atoms with Crippen molar-refractivity contribution in [3.05, 3.63) is 27.4 Å². The summed E-state index contributed by atoms with van der Waals surface area (Å²) in [5.41, 5.74) is 1.72. The number of nitrogens with one attached hydrogen (secondary N) is 1. The van der Waals surface area contributed by atoms with Crippen molar-refractivity contribution in [3.8, 4) is 0 Å². The first-order valence-corrected chi connectivity index (χ1v) is 6.96. The lowest BCUT2D eigenvalue weighted by molar-refractivity contribution is -0.132. The van der Waals surface area contributed by atoms with Crippen molar-refractivity contribution in [1.82, 2.24) is 14.9 Å². The maximum Gasteiger partial charge on any atom is 0.345 e. The monoisotopic (exact) mass is 279 g/mol. The lowest BCUT2D eigenvalue weighted by Crippen LogP contribution is -2.42. The zero-order valence-electron chi connectivity index (χ0n) is 12.0. The maximum absolute atomic E-state index is 12.3. The van der Waals surface area contributed by atoms with E-state index in [1.54, 1.807) is 18.7 Å². The topological polar surface area (TPSA) is 86.3 Å². The predicted molar refractivity (Wildman–Crippen MR) is 74.4 cm³/mol. The Morgan fingerprint density at radius 3 is 2.90 bits per heavy atom. The Labute approximate surface area is 117 Å². The number of hydrogen-bond acceptors (Lipinski definition) is 4. The van der Waals surface area contributed by atoms with Crippen LogP contribution in [0.4, 0.5) is 0 Å². The van der Waals surface area contributed by atoms with Crippen LogP contribution < -0.4 is 5.69 Å². The van der Waals surface area contributed by atoms with Crippen LogP contribution in [0.25, 0.3) is 0 Å². The number of carbonyl (C=O) groups is 1. The van der Waals surface area contributed by atoms with E-state index in [0.29, 0.717) is 17.9 Å². The highest BCUT2D eigenvalue weighted by Gasteiger charge is 2.24. The summed E-state index contributed by atoms with van der Waals surface area (Å²) >= 11 is 0. The third kappa shape index (κ3) is 3.25. The quantitative estimate of drug-likeness (QED) is 0.825. The number of likely N-dealkylation sites (tertiary alicyclic amines) is 1. The lowest BCUT2D eigenvalue weighted by atomic mass is 9.98. The number of aliphatic hydroxyl groups is 1. The van der Waals surface area contributed by atoms with Crippen molar-refractivity contribution < 1.29 is 9.90 Å². The minimum absolute atomic E-state index is 0.0307. The Kier molecular flexibility index (Phi) is 4.54. The molecule has 0 saturated carbocycles. The molecule has 1 saturated heterocycles. The molecule has 2 N–H and O–H groups in total. The van der Waals surface area contributed by atoms with Gasteiger partial charge in [0.1, 0.15) is 0 Å². The highest BCUT2D eigenvalue weighted by molar-refractivity contribution is 5.79. The van der Waals surface area contributed by atoms with Crippen molar-refractivity contribution in [1.29, 1.82) is 0 Å². The molecule has 1 unspecified atom stereocenters. The average Bonchev–Trinajstić information content (AvgIpc) is 2.42. The summed E-state index contributed by atoms with van der Waals surface area (Å²) in [6.07, 6.45) is 2.15. The molecular weight excluding hydrogens is 258 g/mol. The number of aromatic nitrogens is 2. The van der Waals surface area contributed by atoms with Gasteiger partial charge in [0.25, 0.3) is 0 Å². The van der Waals surface area contributed by atoms with Crippen LogP contribution in [-0.2, 0) is 11.2 Å². The normalized spacial score (nSPS) is 19.1. The molecule has 110 valence electrons. The molecule has 0 radical (unpaired) electrons. The number of amides is 1. The smallest absolute Gasteiger partial charge is 0.345 e. The van der Waals surface area contributed by atoms with Crippen molar-refractivity contribution >= 4 is 5.91 Å². The summed E-state index contributed by atoms with van der Waals surface area (Å²) in [5.74, 6) is 0.215. The minimum Gasteiger partial charge on any atom is -0.396 e. The van der Waals surface area contributed by atoms with Gasteiger partial charge in [-0.3, -0.25) is 4.79 Å². The molecule has 1 aliphatic heterocycles. The number of aryl methyl sites for hydroxylation is 2. The summed E-state index contributed by atoms with van der Waals surface area (Å²) < 4.78 is 0. The number of piperidine rings is 1. The molecule has 1 aliphatic rings. The molecule has 1 amide bonds. The van der Waals surface area contributed by atoms with Crippen LogP contribution >= 0.6 is 0 Å². The summed E-state index contributed by atoms with van der Waals surface area (Å²) in [7, 11) is 0. The van der Waals surface area contributed by atoms with Gasteiger partial charge in [-0.1, -0.05) is 0 Å². The van der Waals surface area contributed by atoms with Crippen molar-refractivity contribution in [2.24, 2.45) is 5.92 Å². The minimum atomic E-state index is -0.380. The Hall–Kier alpha value is -1.69. The van der Waals surface area contributed by atoms with Crippen LogP contribution in [-0.4, -0.2) is 45.6 Å². The van der Waals surface area contributed by atoms with E-state index >= 15 is 0 Å². The molecule has 2 heterocycles. The second-order valence-electron chi connectivity index (χ2n) is 5.44. The zero-order chi connectivity index (χ0) is 14.7. The Morgan fingerprint density at radius 1 is 1.50 bits per heavy atom. The molecule has 0 spiro atoms. The van der Waals surface area contributed by atoms with Crippen LogP contribution in [0, 0.1) is 19.8 Å². The highest BCUT2D eigenvalue weighted by Crippen LogP contribution is 2.17. The fraction of sp³-hybridized carbons (Fsp3) is 0.643. The van der Waals surface area contributed by atoms with E-state index in [1.165, 1.54) is 0 Å². The largest absolute Gasteiger partial charge is 0.396 e. The lowest BCUT2D eigenvalue weighted by Gasteiger charge is -2.32. The molecule has 20 heavy (non-hydrogen) atoms. The molecule has 6 heteroatoms. The molecule has 0 aromatic carbocycles. The van der Waals surface area contributed by atoms with E-state index in [2.05, 4.69) is 9.97 Å². The SMILES string of the molecule is Cc1nc(=O)[nH]c(C)c1CC(=O)N1CCCC(CO)C1. The van der Waals surface area contributed by atoms with Gasteiger partial charge in [-0.05, 0) is 32.6 Å². The fourth-order valence-corrected chi connectivity index (χ4v) is 2.72. The van der Waals surface area contributed by atoms with E-state index < -0.39 is 0 Å². The maximum atomic E-state index is 12.3. The average molecular weight is 279 g/mol. The first-order chi connectivity index (χ1) is 9.51. The first kappa shape index (κ1) is 14.7. The van der Waals surface area contributed by atoms with Crippen LogP contribution in [0.3, 0.4) is 0 Å². The summed E-state index contributed by atoms with van der Waals surface area (Å²) in [4.78, 5) is 31.9. The third-order valence-electron chi connectivity index (χ3n) is 3.91. The van der Waals surface area contributed by atoms with Gasteiger partial charge < -0.3 is 15.0 Å². The van der Waals surface area contributed by atoms with Gasteiger partial charge in [0.2, 0.25) is 5.91 Å². The van der Waals surface area contributed by atoms with Crippen molar-refractivity contribution in [2.75, 3.05) is 19.7 Å². The summed E-state index contributed by atoms with van der Waals surface area (Å²) in [5, 5.41) is 9.21. The number of nitrogens with zero attached hydrogens (tertiary/aromatic N) is 2. The van der Waals surface area contributed by atoms with Crippen molar-refractivity contribution in [2.45, 2.75) is 33.1 Å². The Morgan fingerprint density at radius 2 is 2.25 bits per heavy atom. The Balaban J connectivity index is 2.10. The molecular formula is C14H21N3O3. The van der Waals surface area contributed by atoms with Gasteiger partial charge in [-0.2, -0.15) is 4.98 Å². The molecule has 1 fully saturated rings. The summed E-state index contributed by atoms with van der Waals surface area (Å²) in [6, 6.07) is 0. The highest BCUT2D eigenvalue weighted by atomic mass is 16.3. The van der Waals surface area contributed by atoms with Gasteiger partial charge in [-0.25, -0.2) is 4.79 Å². The number of aromatic amines is 1. The van der Waals surface area contributed by atoms with Gasteiger partial charge >= 0.3 is 5.69 Å². The zero-order valence-corrected chi connectivity index (χ0v) is 12.0. The molecule has 6 nitrogen and oxygen atoms in total. The van der Waals surface area contributed by atoms with Gasteiger partial charge in [-0.15, -0.1) is 0 Å².